The first kappa shape index (κ1) is 16.5. The van der Waals surface area contributed by atoms with E-state index in [0.29, 0.717) is 0 Å². The Morgan fingerprint density at radius 3 is 2.04 bits per heavy atom. The molecule has 3 heteroatoms. The van der Waals surface area contributed by atoms with Gasteiger partial charge in [0.05, 0.1) is 17.8 Å². The highest BCUT2D eigenvalue weighted by Gasteiger charge is 2.60. The Labute approximate surface area is 154 Å². The Balaban J connectivity index is 1.68. The van der Waals surface area contributed by atoms with E-state index in [9.17, 15) is 4.79 Å². The van der Waals surface area contributed by atoms with Gasteiger partial charge in [-0.3, -0.25) is 9.78 Å². The van der Waals surface area contributed by atoms with Gasteiger partial charge in [-0.25, -0.2) is 0 Å². The zero-order chi connectivity index (χ0) is 18.1. The Hall–Kier alpha value is -2.94. The summed E-state index contributed by atoms with van der Waals surface area (Å²) in [7, 11) is 0. The first-order valence-corrected chi connectivity index (χ1v) is 8.95. The zero-order valence-electron chi connectivity index (χ0n) is 15.1. The third-order valence-electron chi connectivity index (χ3n) is 5.34. The number of aromatic nitrogens is 1. The highest BCUT2D eigenvalue weighted by Crippen LogP contribution is 2.59. The van der Waals surface area contributed by atoms with Gasteiger partial charge in [0.2, 0.25) is 5.91 Å². The SMILES string of the molecule is Cc1ccc(C2(c3ccc(C)cc3)CC2C(=O)Nc2cccnc2)cc1. The quantitative estimate of drug-likeness (QED) is 0.750. The fraction of sp³-hybridized carbons (Fsp3) is 0.217. The van der Waals surface area contributed by atoms with Crippen molar-refractivity contribution in [3.05, 3.63) is 95.3 Å². The molecule has 1 aliphatic carbocycles. The monoisotopic (exact) mass is 342 g/mol. The summed E-state index contributed by atoms with van der Waals surface area (Å²) >= 11 is 0. The lowest BCUT2D eigenvalue weighted by Crippen LogP contribution is -2.22. The van der Waals surface area contributed by atoms with Gasteiger partial charge in [-0.15, -0.1) is 0 Å². The van der Waals surface area contributed by atoms with Crippen molar-refractivity contribution in [1.82, 2.24) is 4.98 Å². The Morgan fingerprint density at radius 1 is 0.962 bits per heavy atom. The summed E-state index contributed by atoms with van der Waals surface area (Å²) in [5, 5.41) is 3.02. The van der Waals surface area contributed by atoms with Crippen LogP contribution in [0, 0.1) is 19.8 Å². The van der Waals surface area contributed by atoms with Gasteiger partial charge in [-0.05, 0) is 43.5 Å². The maximum Gasteiger partial charge on any atom is 0.228 e. The molecule has 130 valence electrons. The smallest absolute Gasteiger partial charge is 0.228 e. The van der Waals surface area contributed by atoms with E-state index in [1.54, 1.807) is 12.4 Å². The number of hydrogen-bond donors (Lipinski definition) is 1. The molecule has 1 fully saturated rings. The first-order chi connectivity index (χ1) is 12.6. The van der Waals surface area contributed by atoms with Crippen LogP contribution in [0.2, 0.25) is 0 Å². The van der Waals surface area contributed by atoms with E-state index >= 15 is 0 Å². The van der Waals surface area contributed by atoms with Crippen molar-refractivity contribution in [1.29, 1.82) is 0 Å². The zero-order valence-corrected chi connectivity index (χ0v) is 15.1. The van der Waals surface area contributed by atoms with Gasteiger partial charge in [-0.2, -0.15) is 0 Å². The number of benzene rings is 2. The number of pyridine rings is 1. The van der Waals surface area contributed by atoms with Crippen LogP contribution in [0.5, 0.6) is 0 Å². The third-order valence-corrected chi connectivity index (χ3v) is 5.34. The van der Waals surface area contributed by atoms with E-state index in [1.807, 2.05) is 12.1 Å². The minimum absolute atomic E-state index is 0.0548. The van der Waals surface area contributed by atoms with Crippen molar-refractivity contribution in [2.24, 2.45) is 5.92 Å². The molecular formula is C23H22N2O. The van der Waals surface area contributed by atoms with Gasteiger partial charge in [0.15, 0.2) is 0 Å². The summed E-state index contributed by atoms with van der Waals surface area (Å²) in [4.78, 5) is 17.0. The van der Waals surface area contributed by atoms with Crippen molar-refractivity contribution in [3.8, 4) is 0 Å². The fourth-order valence-electron chi connectivity index (χ4n) is 3.75. The summed E-state index contributed by atoms with van der Waals surface area (Å²) in [6, 6.07) is 20.8. The Bertz CT molecular complexity index is 869. The van der Waals surface area contributed by atoms with Crippen LogP contribution in [0.25, 0.3) is 0 Å². The molecule has 0 spiro atoms. The van der Waals surface area contributed by atoms with Gasteiger partial charge in [0, 0.05) is 11.6 Å². The van der Waals surface area contributed by atoms with Crippen molar-refractivity contribution in [2.45, 2.75) is 25.7 Å². The largest absolute Gasteiger partial charge is 0.324 e. The highest BCUT2D eigenvalue weighted by atomic mass is 16.2. The van der Waals surface area contributed by atoms with E-state index < -0.39 is 0 Å². The second-order valence-electron chi connectivity index (χ2n) is 7.19. The van der Waals surface area contributed by atoms with E-state index in [-0.39, 0.29) is 17.2 Å². The molecule has 1 heterocycles. The Kier molecular flexibility index (Phi) is 4.08. The molecule has 1 N–H and O–H groups in total. The topological polar surface area (TPSA) is 42.0 Å². The van der Waals surface area contributed by atoms with Crippen molar-refractivity contribution < 1.29 is 4.79 Å². The summed E-state index contributed by atoms with van der Waals surface area (Å²) < 4.78 is 0. The van der Waals surface area contributed by atoms with Crippen LogP contribution in [0.15, 0.2) is 73.1 Å². The molecule has 3 aromatic rings. The van der Waals surface area contributed by atoms with Gasteiger partial charge in [-0.1, -0.05) is 59.7 Å². The number of carbonyl (C=O) groups excluding carboxylic acids is 1. The lowest BCUT2D eigenvalue weighted by atomic mass is 9.85. The second kappa shape index (κ2) is 6.41. The summed E-state index contributed by atoms with van der Waals surface area (Å²) in [6.45, 7) is 4.17. The first-order valence-electron chi connectivity index (χ1n) is 8.95. The van der Waals surface area contributed by atoms with Gasteiger partial charge >= 0.3 is 0 Å². The minimum atomic E-state index is -0.242. The number of anilines is 1. The van der Waals surface area contributed by atoms with Crippen LogP contribution in [-0.2, 0) is 10.2 Å². The molecule has 0 aliphatic heterocycles. The molecule has 3 nitrogen and oxygen atoms in total. The van der Waals surface area contributed by atoms with Crippen molar-refractivity contribution >= 4 is 11.6 Å². The molecule has 26 heavy (non-hydrogen) atoms. The third kappa shape index (κ3) is 2.90. The van der Waals surface area contributed by atoms with Crippen LogP contribution in [0.4, 0.5) is 5.69 Å². The maximum atomic E-state index is 12.9. The van der Waals surface area contributed by atoms with Gasteiger partial charge in [0.1, 0.15) is 0 Å². The molecular weight excluding hydrogens is 320 g/mol. The maximum absolute atomic E-state index is 12.9. The number of amides is 1. The average molecular weight is 342 g/mol. The predicted octanol–water partition coefficient (Wildman–Crippen LogP) is 4.64. The van der Waals surface area contributed by atoms with Crippen LogP contribution >= 0.6 is 0 Å². The van der Waals surface area contributed by atoms with Gasteiger partial charge < -0.3 is 5.32 Å². The number of aryl methyl sites for hydroxylation is 2. The molecule has 1 saturated carbocycles. The molecule has 1 amide bonds. The van der Waals surface area contributed by atoms with Crippen LogP contribution in [-0.4, -0.2) is 10.9 Å². The second-order valence-corrected chi connectivity index (χ2v) is 7.19. The molecule has 1 aromatic heterocycles. The minimum Gasteiger partial charge on any atom is -0.324 e. The molecule has 1 aliphatic rings. The standard InChI is InChI=1S/C23H22N2O/c1-16-5-9-18(10-6-16)23(19-11-7-17(2)8-12-19)14-21(23)22(26)25-20-4-3-13-24-15-20/h3-13,15,21H,14H2,1-2H3,(H,25,26). The fourth-order valence-corrected chi connectivity index (χ4v) is 3.75. The molecule has 2 aromatic carbocycles. The van der Waals surface area contributed by atoms with E-state index in [1.165, 1.54) is 22.3 Å². The molecule has 4 rings (SSSR count). The average Bonchev–Trinajstić information content (AvgIpc) is 3.41. The van der Waals surface area contributed by atoms with E-state index in [0.717, 1.165) is 12.1 Å². The van der Waals surface area contributed by atoms with Crippen LogP contribution in [0.3, 0.4) is 0 Å². The number of nitrogens with zero attached hydrogens (tertiary/aromatic N) is 1. The number of rotatable bonds is 4. The lowest BCUT2D eigenvalue weighted by Gasteiger charge is -2.19. The molecule has 0 saturated heterocycles. The molecule has 1 unspecified atom stereocenters. The summed E-state index contributed by atoms with van der Waals surface area (Å²) in [5.41, 5.74) is 5.37. The lowest BCUT2D eigenvalue weighted by molar-refractivity contribution is -0.117. The molecule has 0 radical (unpaired) electrons. The molecule has 0 bridgehead atoms. The predicted molar refractivity (Wildman–Crippen MR) is 104 cm³/mol. The van der Waals surface area contributed by atoms with Crippen molar-refractivity contribution in [3.63, 3.8) is 0 Å². The van der Waals surface area contributed by atoms with E-state index in [4.69, 9.17) is 0 Å². The number of carbonyl (C=O) groups is 1. The number of nitrogens with one attached hydrogen (secondary N) is 1. The molecule has 1 atom stereocenters. The number of hydrogen-bond acceptors (Lipinski definition) is 2. The Morgan fingerprint density at radius 2 is 1.54 bits per heavy atom. The summed E-state index contributed by atoms with van der Waals surface area (Å²) in [6.07, 6.45) is 4.21. The summed E-state index contributed by atoms with van der Waals surface area (Å²) in [5.74, 6) is -0.0210. The van der Waals surface area contributed by atoms with Crippen LogP contribution in [0.1, 0.15) is 28.7 Å². The van der Waals surface area contributed by atoms with Crippen LogP contribution < -0.4 is 5.32 Å². The highest BCUT2D eigenvalue weighted by molar-refractivity contribution is 5.96. The normalized spacial score (nSPS) is 17.5. The van der Waals surface area contributed by atoms with E-state index in [2.05, 4.69) is 72.7 Å². The van der Waals surface area contributed by atoms with Crippen molar-refractivity contribution in [2.75, 3.05) is 5.32 Å². The van der Waals surface area contributed by atoms with Gasteiger partial charge in [0.25, 0.3) is 0 Å².